The Morgan fingerprint density at radius 2 is 2.00 bits per heavy atom. The third-order valence-corrected chi connectivity index (χ3v) is 3.57. The minimum atomic E-state index is -0.657. The van der Waals surface area contributed by atoms with Crippen molar-refractivity contribution in [2.24, 2.45) is 5.92 Å². The van der Waals surface area contributed by atoms with E-state index in [4.69, 9.17) is 5.41 Å². The number of aliphatic hydroxyl groups excluding tert-OH is 1. The van der Waals surface area contributed by atoms with Gasteiger partial charge < -0.3 is 15.8 Å². The van der Waals surface area contributed by atoms with Crippen molar-refractivity contribution >= 4 is 12.1 Å². The minimum Gasteiger partial charge on any atom is -0.391 e. The van der Waals surface area contributed by atoms with E-state index in [-0.39, 0.29) is 12.5 Å². The molecule has 1 amide bonds. The zero-order chi connectivity index (χ0) is 18.5. The van der Waals surface area contributed by atoms with Crippen LogP contribution < -0.4 is 5.32 Å². The summed E-state index contributed by atoms with van der Waals surface area (Å²) in [6, 6.07) is 0. The third kappa shape index (κ3) is 9.26. The fourth-order valence-corrected chi connectivity index (χ4v) is 2.09. The molecule has 0 aliphatic heterocycles. The smallest absolute Gasteiger partial charge is 0.232 e. The molecule has 24 heavy (non-hydrogen) atoms. The molecule has 0 aliphatic carbocycles. The zero-order valence-electron chi connectivity index (χ0n) is 15.4. The van der Waals surface area contributed by atoms with E-state index >= 15 is 0 Å². The molecule has 0 radical (unpaired) electrons. The minimum absolute atomic E-state index is 0.214. The van der Waals surface area contributed by atoms with Crippen LogP contribution in [0.3, 0.4) is 0 Å². The normalized spacial score (nSPS) is 15.2. The Morgan fingerprint density at radius 1 is 1.33 bits per heavy atom. The fraction of sp³-hybridized carbons (Fsp3) is 0.500. The Hall–Kier alpha value is -1.94. The number of carbonyl (C=O) groups is 1. The van der Waals surface area contributed by atoms with Gasteiger partial charge in [-0.2, -0.15) is 0 Å². The lowest BCUT2D eigenvalue weighted by atomic mass is 10.00. The molecule has 0 fully saturated rings. The second-order valence-corrected chi connectivity index (χ2v) is 5.95. The van der Waals surface area contributed by atoms with Crippen LogP contribution in [0.15, 0.2) is 47.6 Å². The largest absolute Gasteiger partial charge is 0.391 e. The van der Waals surface area contributed by atoms with Crippen molar-refractivity contribution in [3.63, 3.8) is 0 Å². The van der Waals surface area contributed by atoms with E-state index in [1.165, 1.54) is 0 Å². The first kappa shape index (κ1) is 22.1. The average Bonchev–Trinajstić information content (AvgIpc) is 2.55. The molecule has 0 aliphatic rings. The number of aliphatic hydroxyl groups is 1. The number of allylic oxidation sites excluding steroid dienone is 6. The van der Waals surface area contributed by atoms with Crippen LogP contribution in [0.2, 0.25) is 0 Å². The van der Waals surface area contributed by atoms with E-state index in [0.717, 1.165) is 35.8 Å². The van der Waals surface area contributed by atoms with Gasteiger partial charge in [-0.3, -0.25) is 4.79 Å². The van der Waals surface area contributed by atoms with Crippen LogP contribution in [-0.2, 0) is 4.79 Å². The van der Waals surface area contributed by atoms with E-state index in [9.17, 15) is 9.90 Å². The molecule has 0 bridgehead atoms. The molecule has 134 valence electrons. The first-order valence-corrected chi connectivity index (χ1v) is 8.54. The molecule has 0 saturated heterocycles. The summed E-state index contributed by atoms with van der Waals surface area (Å²) in [7, 11) is 0. The van der Waals surface area contributed by atoms with E-state index in [0.29, 0.717) is 6.42 Å². The number of hydrogen-bond donors (Lipinski definition) is 3. The first-order chi connectivity index (χ1) is 11.3. The zero-order valence-corrected chi connectivity index (χ0v) is 15.4. The molecule has 0 aromatic heterocycles. The van der Waals surface area contributed by atoms with Crippen molar-refractivity contribution in [1.29, 1.82) is 5.41 Å². The molecule has 2 unspecified atom stereocenters. The maximum Gasteiger partial charge on any atom is 0.232 e. The van der Waals surface area contributed by atoms with Crippen LogP contribution in [0.1, 0.15) is 47.0 Å². The molecule has 0 heterocycles. The van der Waals surface area contributed by atoms with Gasteiger partial charge in [0.15, 0.2) is 0 Å². The predicted octanol–water partition coefficient (Wildman–Crippen LogP) is 3.94. The summed E-state index contributed by atoms with van der Waals surface area (Å²) in [4.78, 5) is 12.1. The highest BCUT2D eigenvalue weighted by molar-refractivity contribution is 5.94. The standard InChI is InChI=1S/C20H32N2O2/c1-6-8-10-15(3)11-16(4)17(5)12-18(13-21)20(24)22-14-19(23)9-7-2/h8,10-13,18-19,21,23H,4,6-7,9,14H2,1-3,5H3,(H,22,24)/b10-8?,15-11-,17-12+,21-13?. The molecule has 0 aromatic rings. The molecule has 0 saturated carbocycles. The number of carbonyl (C=O) groups excluding carboxylic acids is 1. The molecular weight excluding hydrogens is 300 g/mol. The lowest BCUT2D eigenvalue weighted by Crippen LogP contribution is -2.36. The molecule has 0 rings (SSSR count). The highest BCUT2D eigenvalue weighted by atomic mass is 16.3. The molecule has 4 nitrogen and oxygen atoms in total. The number of hydrogen-bond acceptors (Lipinski definition) is 3. The van der Waals surface area contributed by atoms with Gasteiger partial charge in [0, 0.05) is 12.8 Å². The van der Waals surface area contributed by atoms with Crippen LogP contribution in [0.5, 0.6) is 0 Å². The van der Waals surface area contributed by atoms with Crippen molar-refractivity contribution in [3.05, 3.63) is 47.6 Å². The third-order valence-electron chi connectivity index (χ3n) is 3.57. The lowest BCUT2D eigenvalue weighted by Gasteiger charge is -2.14. The fourth-order valence-electron chi connectivity index (χ4n) is 2.09. The Labute approximate surface area is 146 Å². The van der Waals surface area contributed by atoms with Crippen molar-refractivity contribution in [3.8, 4) is 0 Å². The predicted molar refractivity (Wildman–Crippen MR) is 102 cm³/mol. The summed E-state index contributed by atoms with van der Waals surface area (Å²) in [5.74, 6) is -0.936. The average molecular weight is 332 g/mol. The summed E-state index contributed by atoms with van der Waals surface area (Å²) < 4.78 is 0. The molecule has 2 atom stereocenters. The summed E-state index contributed by atoms with van der Waals surface area (Å²) in [6.45, 7) is 12.2. The van der Waals surface area contributed by atoms with Gasteiger partial charge >= 0.3 is 0 Å². The number of amides is 1. The molecule has 0 spiro atoms. The van der Waals surface area contributed by atoms with Gasteiger partial charge in [-0.15, -0.1) is 0 Å². The Kier molecular flexibility index (Phi) is 11.5. The van der Waals surface area contributed by atoms with Gasteiger partial charge in [0.2, 0.25) is 5.91 Å². The summed E-state index contributed by atoms with van der Waals surface area (Å²) in [6.07, 6.45) is 10.9. The Balaban J connectivity index is 4.84. The van der Waals surface area contributed by atoms with Crippen molar-refractivity contribution in [1.82, 2.24) is 5.32 Å². The van der Waals surface area contributed by atoms with Gasteiger partial charge in [-0.05, 0) is 37.8 Å². The monoisotopic (exact) mass is 332 g/mol. The molecular formula is C20H32N2O2. The second kappa shape index (κ2) is 12.5. The maximum atomic E-state index is 12.1. The van der Waals surface area contributed by atoms with Gasteiger partial charge in [-0.1, -0.05) is 56.7 Å². The van der Waals surface area contributed by atoms with Gasteiger partial charge in [0.1, 0.15) is 0 Å². The SMILES string of the molecule is C=C(/C=C(/C)C=CCC)/C(C)=C/C(C=N)C(=O)NCC(O)CCC. The summed E-state index contributed by atoms with van der Waals surface area (Å²) in [5, 5.41) is 19.8. The van der Waals surface area contributed by atoms with Crippen LogP contribution in [0.25, 0.3) is 0 Å². The van der Waals surface area contributed by atoms with Gasteiger partial charge in [-0.25, -0.2) is 0 Å². The summed E-state index contributed by atoms with van der Waals surface area (Å²) >= 11 is 0. The van der Waals surface area contributed by atoms with Crippen LogP contribution in [0, 0.1) is 11.3 Å². The Bertz CT molecular complexity index is 516. The van der Waals surface area contributed by atoms with Crippen LogP contribution in [-0.4, -0.2) is 29.9 Å². The molecule has 3 N–H and O–H groups in total. The van der Waals surface area contributed by atoms with Gasteiger partial charge in [0.05, 0.1) is 12.0 Å². The number of nitrogens with one attached hydrogen (secondary N) is 2. The van der Waals surface area contributed by atoms with E-state index in [2.05, 4.69) is 24.9 Å². The highest BCUT2D eigenvalue weighted by Crippen LogP contribution is 2.14. The van der Waals surface area contributed by atoms with Crippen LogP contribution in [0.4, 0.5) is 0 Å². The molecule has 4 heteroatoms. The van der Waals surface area contributed by atoms with Crippen LogP contribution >= 0.6 is 0 Å². The second-order valence-electron chi connectivity index (χ2n) is 5.95. The topological polar surface area (TPSA) is 73.2 Å². The first-order valence-electron chi connectivity index (χ1n) is 8.54. The van der Waals surface area contributed by atoms with Crippen molar-refractivity contribution < 1.29 is 9.90 Å². The number of rotatable bonds is 11. The Morgan fingerprint density at radius 3 is 2.54 bits per heavy atom. The molecule has 0 aromatic carbocycles. The lowest BCUT2D eigenvalue weighted by molar-refractivity contribution is -0.122. The quantitative estimate of drug-likeness (QED) is 0.396. The highest BCUT2D eigenvalue weighted by Gasteiger charge is 2.15. The van der Waals surface area contributed by atoms with E-state index in [1.54, 1.807) is 6.08 Å². The summed E-state index contributed by atoms with van der Waals surface area (Å²) in [5.41, 5.74) is 2.77. The van der Waals surface area contributed by atoms with Crippen molar-refractivity contribution in [2.45, 2.75) is 53.1 Å². The van der Waals surface area contributed by atoms with Crippen molar-refractivity contribution in [2.75, 3.05) is 6.54 Å². The van der Waals surface area contributed by atoms with E-state index < -0.39 is 12.0 Å². The van der Waals surface area contributed by atoms with E-state index in [1.807, 2.05) is 32.9 Å². The van der Waals surface area contributed by atoms with Gasteiger partial charge in [0.25, 0.3) is 0 Å². The maximum absolute atomic E-state index is 12.1.